The van der Waals surface area contributed by atoms with Crippen molar-refractivity contribution in [1.82, 2.24) is 0 Å². The van der Waals surface area contributed by atoms with E-state index in [2.05, 4.69) is 19.9 Å². The number of benzene rings is 1. The number of carbonyl (C=O) groups excluding carboxylic acids is 1. The minimum Gasteiger partial charge on any atom is -0.497 e. The van der Waals surface area contributed by atoms with E-state index in [4.69, 9.17) is 9.47 Å². The predicted molar refractivity (Wildman–Crippen MR) is 127 cm³/mol. The zero-order chi connectivity index (χ0) is 22.3. The molecule has 1 aromatic rings. The second-order valence-electron chi connectivity index (χ2n) is 11.4. The van der Waals surface area contributed by atoms with Gasteiger partial charge in [0.1, 0.15) is 12.4 Å². The van der Waals surface area contributed by atoms with Gasteiger partial charge >= 0.3 is 0 Å². The van der Waals surface area contributed by atoms with Crippen LogP contribution in [-0.4, -0.2) is 19.5 Å². The molecule has 3 nitrogen and oxygen atoms in total. The lowest BCUT2D eigenvalue weighted by Gasteiger charge is -2.57. The highest BCUT2D eigenvalue weighted by Crippen LogP contribution is 2.66. The first-order valence-electron chi connectivity index (χ1n) is 12.9. The summed E-state index contributed by atoms with van der Waals surface area (Å²) in [6, 6.07) is 7.90. The van der Waals surface area contributed by atoms with Crippen LogP contribution < -0.4 is 4.74 Å². The predicted octanol–water partition coefficient (Wildman–Crippen LogP) is 6.75. The van der Waals surface area contributed by atoms with E-state index in [9.17, 15) is 4.79 Å². The smallest absolute Gasteiger partial charge is 0.162 e. The summed E-state index contributed by atoms with van der Waals surface area (Å²) in [5, 5.41) is 0. The topological polar surface area (TPSA) is 35.5 Å². The average molecular weight is 437 g/mol. The zero-order valence-electron chi connectivity index (χ0n) is 20.2. The number of fused-ring (bicyclic) bond motifs is 5. The van der Waals surface area contributed by atoms with Crippen LogP contribution in [0.3, 0.4) is 0 Å². The number of methoxy groups -OCH3 is 1. The first-order valence-corrected chi connectivity index (χ1v) is 12.9. The first-order chi connectivity index (χ1) is 15.5. The van der Waals surface area contributed by atoms with E-state index in [1.54, 1.807) is 12.7 Å². The van der Waals surface area contributed by atoms with Gasteiger partial charge in [-0.15, -0.1) is 0 Å². The molecule has 0 radical (unpaired) electrons. The SMILES string of the molecule is COc1ccc(COCC(=O)[C@H]2CC[C@H]3[C@@H]4CC=C5CCCC[C@]5(C)[C@H]4CC[C@]23C)cc1. The Morgan fingerprint density at radius 1 is 1.03 bits per heavy atom. The Bertz CT molecular complexity index is 871. The van der Waals surface area contributed by atoms with Crippen LogP contribution in [0.15, 0.2) is 35.9 Å². The Hall–Kier alpha value is -1.61. The Morgan fingerprint density at radius 3 is 2.62 bits per heavy atom. The van der Waals surface area contributed by atoms with E-state index < -0.39 is 0 Å². The van der Waals surface area contributed by atoms with Gasteiger partial charge in [0.2, 0.25) is 0 Å². The number of allylic oxidation sites excluding steroid dienone is 2. The maximum Gasteiger partial charge on any atom is 0.162 e. The molecule has 3 heteroatoms. The van der Waals surface area contributed by atoms with Gasteiger partial charge in [-0.3, -0.25) is 4.79 Å². The van der Waals surface area contributed by atoms with Gasteiger partial charge in [0, 0.05) is 5.92 Å². The quantitative estimate of drug-likeness (QED) is 0.463. The van der Waals surface area contributed by atoms with Gasteiger partial charge in [-0.25, -0.2) is 0 Å². The molecule has 3 saturated carbocycles. The molecule has 6 atom stereocenters. The van der Waals surface area contributed by atoms with Crippen LogP contribution in [0.4, 0.5) is 0 Å². The molecule has 3 fully saturated rings. The largest absolute Gasteiger partial charge is 0.497 e. The molecule has 0 amide bonds. The number of hydrogen-bond acceptors (Lipinski definition) is 3. The van der Waals surface area contributed by atoms with Crippen molar-refractivity contribution in [2.45, 2.75) is 78.2 Å². The van der Waals surface area contributed by atoms with Crippen LogP contribution in [0.5, 0.6) is 5.75 Å². The van der Waals surface area contributed by atoms with Crippen molar-refractivity contribution in [2.24, 2.45) is 34.5 Å². The number of rotatable bonds is 6. The molecule has 0 bridgehead atoms. The Balaban J connectivity index is 1.23. The average Bonchev–Trinajstić information content (AvgIpc) is 3.16. The summed E-state index contributed by atoms with van der Waals surface area (Å²) in [5.74, 6) is 3.66. The molecule has 1 aromatic carbocycles. The van der Waals surface area contributed by atoms with E-state index in [1.807, 2.05) is 24.3 Å². The molecule has 5 rings (SSSR count). The highest BCUT2D eigenvalue weighted by atomic mass is 16.5. The summed E-state index contributed by atoms with van der Waals surface area (Å²) in [6.45, 7) is 5.74. The molecular weight excluding hydrogens is 396 g/mol. The second kappa shape index (κ2) is 8.63. The van der Waals surface area contributed by atoms with Gasteiger partial charge in [-0.2, -0.15) is 0 Å². The molecule has 4 aliphatic rings. The molecule has 0 unspecified atom stereocenters. The summed E-state index contributed by atoms with van der Waals surface area (Å²) in [6.07, 6.45) is 14.2. The van der Waals surface area contributed by atoms with Crippen LogP contribution in [0.1, 0.15) is 77.2 Å². The Labute approximate surface area is 194 Å². The Kier molecular flexibility index (Phi) is 5.99. The lowest BCUT2D eigenvalue weighted by atomic mass is 9.47. The van der Waals surface area contributed by atoms with Gasteiger partial charge in [0.05, 0.1) is 13.7 Å². The summed E-state index contributed by atoms with van der Waals surface area (Å²) < 4.78 is 11.1. The van der Waals surface area contributed by atoms with Crippen molar-refractivity contribution >= 4 is 5.78 Å². The monoisotopic (exact) mass is 436 g/mol. The van der Waals surface area contributed by atoms with Crippen LogP contribution in [0.25, 0.3) is 0 Å². The molecule has 0 saturated heterocycles. The van der Waals surface area contributed by atoms with Gasteiger partial charge < -0.3 is 9.47 Å². The number of hydrogen-bond donors (Lipinski definition) is 0. The maximum atomic E-state index is 13.3. The lowest BCUT2D eigenvalue weighted by molar-refractivity contribution is -0.134. The summed E-state index contributed by atoms with van der Waals surface area (Å²) in [4.78, 5) is 13.3. The van der Waals surface area contributed by atoms with Crippen LogP contribution in [-0.2, 0) is 16.1 Å². The fourth-order valence-electron chi connectivity index (χ4n) is 8.32. The van der Waals surface area contributed by atoms with Gasteiger partial charge in [0.15, 0.2) is 5.78 Å². The van der Waals surface area contributed by atoms with Crippen molar-refractivity contribution in [1.29, 1.82) is 0 Å². The minimum absolute atomic E-state index is 0.165. The molecule has 4 aliphatic carbocycles. The zero-order valence-corrected chi connectivity index (χ0v) is 20.2. The molecule has 0 N–H and O–H groups in total. The van der Waals surface area contributed by atoms with Gasteiger partial charge in [-0.05, 0) is 97.6 Å². The molecule has 0 spiro atoms. The van der Waals surface area contributed by atoms with E-state index in [-0.39, 0.29) is 17.9 Å². The molecule has 0 aliphatic heterocycles. The van der Waals surface area contributed by atoms with Gasteiger partial charge in [-0.1, -0.05) is 44.1 Å². The molecule has 0 aromatic heterocycles. The molecule has 174 valence electrons. The highest BCUT2D eigenvalue weighted by Gasteiger charge is 2.59. The van der Waals surface area contributed by atoms with Gasteiger partial charge in [0.25, 0.3) is 0 Å². The summed E-state index contributed by atoms with van der Waals surface area (Å²) in [5.41, 5.74) is 3.45. The van der Waals surface area contributed by atoms with E-state index in [1.165, 1.54) is 51.4 Å². The number of ether oxygens (including phenoxy) is 2. The fourth-order valence-corrected chi connectivity index (χ4v) is 8.32. The first kappa shape index (κ1) is 22.2. The number of ketones is 1. The molecular formula is C29H40O3. The normalized spacial score (nSPS) is 38.3. The van der Waals surface area contributed by atoms with Crippen LogP contribution >= 0.6 is 0 Å². The van der Waals surface area contributed by atoms with Crippen LogP contribution in [0, 0.1) is 34.5 Å². The fraction of sp³-hybridized carbons (Fsp3) is 0.690. The third-order valence-corrected chi connectivity index (χ3v) is 10.1. The third-order valence-electron chi connectivity index (χ3n) is 10.1. The maximum absolute atomic E-state index is 13.3. The molecule has 0 heterocycles. The van der Waals surface area contributed by atoms with Crippen molar-refractivity contribution in [2.75, 3.05) is 13.7 Å². The summed E-state index contributed by atoms with van der Waals surface area (Å²) in [7, 11) is 1.67. The van der Waals surface area contributed by atoms with E-state index >= 15 is 0 Å². The van der Waals surface area contributed by atoms with Crippen molar-refractivity contribution in [3.05, 3.63) is 41.5 Å². The molecule has 32 heavy (non-hydrogen) atoms. The van der Waals surface area contributed by atoms with Crippen LogP contribution in [0.2, 0.25) is 0 Å². The lowest BCUT2D eigenvalue weighted by Crippen LogP contribution is -2.50. The Morgan fingerprint density at radius 2 is 1.84 bits per heavy atom. The third kappa shape index (κ3) is 3.65. The summed E-state index contributed by atoms with van der Waals surface area (Å²) >= 11 is 0. The van der Waals surface area contributed by atoms with E-state index in [0.717, 1.165) is 29.6 Å². The number of Topliss-reactive ketones (excluding diaryl/α,β-unsaturated/α-hetero) is 1. The standard InChI is InChI=1S/C29H40O3/c1-28-16-5-4-6-21(28)9-12-23-24-13-14-26(29(24,2)17-15-25(23)28)27(30)19-32-18-20-7-10-22(31-3)11-8-20/h7-11,23-26H,4-6,12-19H2,1-3H3/t23-,24-,25-,26+,28-,29-/m0/s1. The van der Waals surface area contributed by atoms with Crippen molar-refractivity contribution in [3.63, 3.8) is 0 Å². The van der Waals surface area contributed by atoms with E-state index in [0.29, 0.717) is 23.7 Å². The highest BCUT2D eigenvalue weighted by molar-refractivity contribution is 5.83. The minimum atomic E-state index is 0.165. The number of carbonyl (C=O) groups is 1. The van der Waals surface area contributed by atoms with Crippen molar-refractivity contribution in [3.8, 4) is 5.75 Å². The van der Waals surface area contributed by atoms with Crippen molar-refractivity contribution < 1.29 is 14.3 Å². The second-order valence-corrected chi connectivity index (χ2v) is 11.4.